The fourth-order valence-electron chi connectivity index (χ4n) is 5.01. The zero-order valence-electron chi connectivity index (χ0n) is 21.5. The highest BCUT2D eigenvalue weighted by molar-refractivity contribution is 7.99. The van der Waals surface area contributed by atoms with Crippen molar-refractivity contribution < 1.29 is 0 Å². The third-order valence-electron chi connectivity index (χ3n) is 7.30. The Balaban J connectivity index is 1.38. The van der Waals surface area contributed by atoms with E-state index in [1.165, 1.54) is 38.6 Å². The van der Waals surface area contributed by atoms with Gasteiger partial charge in [-0.1, -0.05) is 72.8 Å². The highest BCUT2D eigenvalue weighted by Crippen LogP contribution is 2.43. The summed E-state index contributed by atoms with van der Waals surface area (Å²) >= 11 is 8.44. The number of fused-ring (bicyclic) bond motifs is 2. The number of aromatic nitrogens is 1. The number of pyridine rings is 1. The minimum atomic E-state index is 0.797. The summed E-state index contributed by atoms with van der Waals surface area (Å²) < 4.78 is 0. The van der Waals surface area contributed by atoms with Crippen molar-refractivity contribution in [2.75, 3.05) is 6.54 Å². The van der Waals surface area contributed by atoms with Gasteiger partial charge in [-0.05, 0) is 84.7 Å². The van der Waals surface area contributed by atoms with E-state index in [1.54, 1.807) is 11.8 Å². The molecule has 2 heterocycles. The number of allylic oxidation sites excluding steroid dienone is 1. The summed E-state index contributed by atoms with van der Waals surface area (Å²) in [6.45, 7) is 3.01. The van der Waals surface area contributed by atoms with Crippen molar-refractivity contribution in [3.05, 3.63) is 124 Å². The van der Waals surface area contributed by atoms with Crippen molar-refractivity contribution in [1.29, 1.82) is 0 Å². The average molecular weight is 536 g/mol. The summed E-state index contributed by atoms with van der Waals surface area (Å²) in [5, 5.41) is 4.57. The predicted octanol–water partition coefficient (Wildman–Crippen LogP) is 8.66. The summed E-state index contributed by atoms with van der Waals surface area (Å²) in [5.74, 6) is 0. The van der Waals surface area contributed by atoms with Crippen LogP contribution in [0.5, 0.6) is 0 Å². The zero-order chi connectivity index (χ0) is 25.9. The van der Waals surface area contributed by atoms with Gasteiger partial charge in [-0.3, -0.25) is 4.98 Å². The number of halogens is 1. The van der Waals surface area contributed by atoms with E-state index < -0.39 is 0 Å². The molecule has 2 aliphatic rings. The maximum Gasteiger partial charge on any atom is 0.0793 e. The van der Waals surface area contributed by atoms with Gasteiger partial charge in [0.25, 0.3) is 0 Å². The van der Waals surface area contributed by atoms with Crippen LogP contribution in [-0.2, 0) is 12.8 Å². The van der Waals surface area contributed by atoms with Crippen LogP contribution < -0.4 is 5.32 Å². The molecule has 190 valence electrons. The Hall–Kier alpha value is -3.34. The number of aliphatic imine (C=N–C) groups is 1. The second kappa shape index (κ2) is 11.2. The van der Waals surface area contributed by atoms with Crippen LogP contribution in [0.1, 0.15) is 54.0 Å². The normalized spacial score (nSPS) is 14.1. The molecule has 38 heavy (non-hydrogen) atoms. The van der Waals surface area contributed by atoms with Gasteiger partial charge in [0.05, 0.1) is 11.4 Å². The quantitative estimate of drug-likeness (QED) is 0.226. The Morgan fingerprint density at radius 1 is 0.974 bits per heavy atom. The first-order valence-electron chi connectivity index (χ1n) is 13.3. The van der Waals surface area contributed by atoms with E-state index in [0.717, 1.165) is 65.3 Å². The standard InChI is InChI=1S/C33H30ClN3S/c1-2-23-12-13-25(19-28(23)34)33-27-10-3-4-11-30(27)38-31-15-14-26(20-29(31)37-33)32(24-8-5-9-24)36-18-16-22-7-6-17-35-21-22/h3-4,6-7,10-15,17,19-21,36H,2,5,8-9,16,18H2,1H3. The molecular weight excluding hydrogens is 506 g/mol. The van der Waals surface area contributed by atoms with E-state index in [9.17, 15) is 0 Å². The molecule has 0 amide bonds. The summed E-state index contributed by atoms with van der Waals surface area (Å²) in [6, 6.07) is 25.8. The Labute approximate surface area is 234 Å². The topological polar surface area (TPSA) is 37.3 Å². The maximum atomic E-state index is 6.66. The van der Waals surface area contributed by atoms with Gasteiger partial charge in [-0.15, -0.1) is 0 Å². The first-order valence-corrected chi connectivity index (χ1v) is 14.5. The molecule has 1 fully saturated rings. The minimum absolute atomic E-state index is 0.797. The van der Waals surface area contributed by atoms with Gasteiger partial charge in [0, 0.05) is 50.6 Å². The van der Waals surface area contributed by atoms with Gasteiger partial charge < -0.3 is 5.32 Å². The third-order valence-corrected chi connectivity index (χ3v) is 8.79. The number of hydrogen-bond acceptors (Lipinski definition) is 4. The first kappa shape index (κ1) is 25.0. The van der Waals surface area contributed by atoms with Gasteiger partial charge in [-0.25, -0.2) is 4.99 Å². The molecule has 0 spiro atoms. The third kappa shape index (κ3) is 5.16. The summed E-state index contributed by atoms with van der Waals surface area (Å²) in [4.78, 5) is 11.9. The molecule has 1 saturated carbocycles. The van der Waals surface area contributed by atoms with E-state index in [-0.39, 0.29) is 0 Å². The molecule has 1 aliphatic heterocycles. The van der Waals surface area contributed by atoms with Crippen LogP contribution >= 0.6 is 23.4 Å². The number of rotatable bonds is 7. The van der Waals surface area contributed by atoms with Crippen molar-refractivity contribution in [3.8, 4) is 0 Å². The highest BCUT2D eigenvalue weighted by atomic mass is 35.5. The molecule has 1 N–H and O–H groups in total. The molecule has 5 heteroatoms. The summed E-state index contributed by atoms with van der Waals surface area (Å²) in [5.41, 5.74) is 10.5. The molecule has 0 atom stereocenters. The van der Waals surface area contributed by atoms with Crippen molar-refractivity contribution in [1.82, 2.24) is 10.3 Å². The van der Waals surface area contributed by atoms with Crippen LogP contribution in [0.25, 0.3) is 5.70 Å². The Morgan fingerprint density at radius 3 is 2.63 bits per heavy atom. The van der Waals surface area contributed by atoms with Crippen LogP contribution in [-0.4, -0.2) is 17.2 Å². The lowest BCUT2D eigenvalue weighted by Gasteiger charge is -2.24. The van der Waals surface area contributed by atoms with Crippen LogP contribution in [0.2, 0.25) is 5.02 Å². The van der Waals surface area contributed by atoms with Crippen LogP contribution in [0.3, 0.4) is 0 Å². The largest absolute Gasteiger partial charge is 0.384 e. The monoisotopic (exact) mass is 535 g/mol. The average Bonchev–Trinajstić information content (AvgIpc) is 3.08. The SMILES string of the molecule is CCc1ccc(C2=Nc3cc(C(NCCc4cccnc4)=C4CCC4)ccc3Sc3ccccc32)cc1Cl. The Morgan fingerprint density at radius 2 is 1.87 bits per heavy atom. The molecule has 3 aromatic carbocycles. The number of nitrogens with zero attached hydrogens (tertiary/aromatic N) is 2. The molecule has 6 rings (SSSR count). The van der Waals surface area contributed by atoms with Crippen molar-refractivity contribution in [2.45, 2.75) is 48.8 Å². The molecule has 1 aromatic heterocycles. The van der Waals surface area contributed by atoms with E-state index in [4.69, 9.17) is 16.6 Å². The molecule has 0 radical (unpaired) electrons. The number of hydrogen-bond donors (Lipinski definition) is 1. The molecule has 3 nitrogen and oxygen atoms in total. The number of aryl methyl sites for hydroxylation is 1. The number of benzene rings is 3. The maximum absolute atomic E-state index is 6.66. The molecule has 1 aliphatic carbocycles. The molecule has 0 unspecified atom stereocenters. The van der Waals surface area contributed by atoms with Gasteiger partial charge >= 0.3 is 0 Å². The predicted molar refractivity (Wildman–Crippen MR) is 160 cm³/mol. The fourth-order valence-corrected chi connectivity index (χ4v) is 6.33. The van der Waals surface area contributed by atoms with Crippen molar-refractivity contribution in [3.63, 3.8) is 0 Å². The first-order chi connectivity index (χ1) is 18.7. The Kier molecular flexibility index (Phi) is 7.35. The van der Waals surface area contributed by atoms with Crippen LogP contribution in [0.15, 0.2) is 106 Å². The van der Waals surface area contributed by atoms with Crippen LogP contribution in [0, 0.1) is 0 Å². The Bertz CT molecular complexity index is 1540. The van der Waals surface area contributed by atoms with E-state index >= 15 is 0 Å². The molecule has 0 saturated heterocycles. The van der Waals surface area contributed by atoms with Gasteiger partial charge in [-0.2, -0.15) is 0 Å². The molecule has 4 aromatic rings. The second-order valence-corrected chi connectivity index (χ2v) is 11.3. The lowest BCUT2D eigenvalue weighted by molar-refractivity contribution is 0.655. The van der Waals surface area contributed by atoms with Crippen LogP contribution in [0.4, 0.5) is 5.69 Å². The minimum Gasteiger partial charge on any atom is -0.384 e. The smallest absolute Gasteiger partial charge is 0.0793 e. The van der Waals surface area contributed by atoms with Gasteiger partial charge in [0.2, 0.25) is 0 Å². The van der Waals surface area contributed by atoms with Crippen molar-refractivity contribution in [2.24, 2.45) is 4.99 Å². The fraction of sp³-hybridized carbons (Fsp3) is 0.212. The van der Waals surface area contributed by atoms with E-state index in [2.05, 4.69) is 84.0 Å². The highest BCUT2D eigenvalue weighted by Gasteiger charge is 2.22. The van der Waals surface area contributed by atoms with E-state index in [1.807, 2.05) is 18.5 Å². The zero-order valence-corrected chi connectivity index (χ0v) is 23.1. The summed E-state index contributed by atoms with van der Waals surface area (Å²) in [6.07, 6.45) is 9.20. The van der Waals surface area contributed by atoms with Crippen molar-refractivity contribution >= 4 is 40.5 Å². The van der Waals surface area contributed by atoms with Gasteiger partial charge in [0.15, 0.2) is 0 Å². The lowest BCUT2D eigenvalue weighted by atomic mass is 9.88. The van der Waals surface area contributed by atoms with E-state index in [0.29, 0.717) is 0 Å². The summed E-state index contributed by atoms with van der Waals surface area (Å²) in [7, 11) is 0. The number of nitrogens with one attached hydrogen (secondary N) is 1. The second-order valence-electron chi connectivity index (χ2n) is 9.77. The lowest BCUT2D eigenvalue weighted by Crippen LogP contribution is -2.19. The van der Waals surface area contributed by atoms with Gasteiger partial charge in [0.1, 0.15) is 0 Å². The molecule has 0 bridgehead atoms. The molecular formula is C33H30ClN3S.